The minimum absolute atomic E-state index is 0.107. The van der Waals surface area contributed by atoms with Crippen LogP contribution in [-0.4, -0.2) is 22.9 Å². The number of hydrogen-bond acceptors (Lipinski definition) is 4. The topological polar surface area (TPSA) is 51.0 Å². The molecule has 1 aliphatic rings. The first kappa shape index (κ1) is 12.0. The van der Waals surface area contributed by atoms with E-state index in [1.807, 2.05) is 12.1 Å². The Morgan fingerprint density at radius 2 is 2.16 bits per heavy atom. The molecule has 100 valence electrons. The van der Waals surface area contributed by atoms with E-state index >= 15 is 0 Å². The molecule has 0 aliphatic carbocycles. The lowest BCUT2D eigenvalue weighted by molar-refractivity contribution is -0.128. The van der Waals surface area contributed by atoms with Crippen LogP contribution in [0, 0.1) is 0 Å². The van der Waals surface area contributed by atoms with E-state index in [2.05, 4.69) is 15.5 Å². The Morgan fingerprint density at radius 3 is 2.95 bits per heavy atom. The van der Waals surface area contributed by atoms with Crippen molar-refractivity contribution in [2.45, 2.75) is 19.0 Å². The smallest absolute Gasteiger partial charge is 0.384 e. The largest absolute Gasteiger partial charge is 0.396 e. The van der Waals surface area contributed by atoms with Gasteiger partial charge < -0.3 is 9.84 Å². The predicted molar refractivity (Wildman–Crippen MR) is 61.7 cm³/mol. The highest BCUT2D eigenvalue weighted by Crippen LogP contribution is 2.28. The molecule has 1 aliphatic heterocycles. The molecular weight excluding hydrogens is 259 g/mol. The highest BCUT2D eigenvalue weighted by molar-refractivity contribution is 5.66. The van der Waals surface area contributed by atoms with Gasteiger partial charge in [0.05, 0.1) is 0 Å². The quantitative estimate of drug-likeness (QED) is 0.910. The molecule has 7 heteroatoms. The molecule has 0 saturated carbocycles. The van der Waals surface area contributed by atoms with Crippen molar-refractivity contribution in [3.63, 3.8) is 0 Å². The number of nitrogens with zero attached hydrogens (tertiary/aromatic N) is 2. The first-order valence-corrected chi connectivity index (χ1v) is 5.78. The van der Waals surface area contributed by atoms with E-state index in [9.17, 15) is 13.2 Å². The summed E-state index contributed by atoms with van der Waals surface area (Å²) in [6, 6.07) is 5.50. The third-order valence-electron chi connectivity index (χ3n) is 2.89. The normalized spacial score (nSPS) is 14.3. The van der Waals surface area contributed by atoms with Crippen LogP contribution in [-0.2, 0) is 12.8 Å². The van der Waals surface area contributed by atoms with Gasteiger partial charge in [-0.2, -0.15) is 18.2 Å². The molecule has 0 spiro atoms. The van der Waals surface area contributed by atoms with Crippen LogP contribution in [0.4, 0.5) is 18.9 Å². The number of rotatable bonds is 2. The lowest BCUT2D eigenvalue weighted by atomic mass is 10.1. The monoisotopic (exact) mass is 269 g/mol. The minimum atomic E-state index is -4.33. The fraction of sp³-hybridized carbons (Fsp3) is 0.333. The molecule has 19 heavy (non-hydrogen) atoms. The number of halogens is 3. The number of alkyl halides is 3. The summed E-state index contributed by atoms with van der Waals surface area (Å²) < 4.78 is 41.5. The van der Waals surface area contributed by atoms with Gasteiger partial charge in [0, 0.05) is 17.8 Å². The minimum Gasteiger partial charge on any atom is -0.384 e. The molecule has 2 aromatic rings. The van der Waals surface area contributed by atoms with Crippen molar-refractivity contribution in [3.8, 4) is 11.5 Å². The van der Waals surface area contributed by atoms with Gasteiger partial charge in [-0.05, 0) is 24.1 Å². The third-order valence-corrected chi connectivity index (χ3v) is 2.89. The van der Waals surface area contributed by atoms with Gasteiger partial charge in [-0.15, -0.1) is 0 Å². The molecule has 3 rings (SSSR count). The van der Waals surface area contributed by atoms with Crippen molar-refractivity contribution < 1.29 is 17.7 Å². The maximum absolute atomic E-state index is 12.2. The van der Waals surface area contributed by atoms with Gasteiger partial charge in [0.25, 0.3) is 5.89 Å². The summed E-state index contributed by atoms with van der Waals surface area (Å²) in [6.45, 7) is 0.863. The summed E-state index contributed by atoms with van der Waals surface area (Å²) in [4.78, 5) is 3.77. The van der Waals surface area contributed by atoms with Crippen LogP contribution in [0.15, 0.2) is 22.7 Å². The molecule has 1 N–H and O–H groups in total. The molecule has 0 saturated heterocycles. The molecule has 0 radical (unpaired) electrons. The highest BCUT2D eigenvalue weighted by Gasteiger charge is 2.30. The van der Waals surface area contributed by atoms with Gasteiger partial charge in [0.1, 0.15) is 6.42 Å². The fourth-order valence-corrected chi connectivity index (χ4v) is 2.05. The van der Waals surface area contributed by atoms with Crippen molar-refractivity contribution in [1.29, 1.82) is 0 Å². The molecule has 0 amide bonds. The lowest BCUT2D eigenvalue weighted by Crippen LogP contribution is -2.12. The maximum Gasteiger partial charge on any atom is 0.396 e. The van der Waals surface area contributed by atoms with Crippen molar-refractivity contribution in [3.05, 3.63) is 29.6 Å². The zero-order chi connectivity index (χ0) is 13.5. The number of anilines is 1. The summed E-state index contributed by atoms with van der Waals surface area (Å²) in [6.07, 6.45) is -4.57. The molecule has 0 fully saturated rings. The van der Waals surface area contributed by atoms with E-state index in [0.29, 0.717) is 5.56 Å². The second-order valence-corrected chi connectivity index (χ2v) is 4.36. The SMILES string of the molecule is FC(F)(F)Cc1noc(-c2ccc3c(c2)NCC3)n1. The van der Waals surface area contributed by atoms with Gasteiger partial charge in [-0.1, -0.05) is 11.2 Å². The van der Waals surface area contributed by atoms with E-state index in [-0.39, 0.29) is 11.7 Å². The van der Waals surface area contributed by atoms with Crippen molar-refractivity contribution in [2.24, 2.45) is 0 Å². The lowest BCUT2D eigenvalue weighted by Gasteiger charge is -2.01. The average molecular weight is 269 g/mol. The van der Waals surface area contributed by atoms with Gasteiger partial charge in [0.2, 0.25) is 0 Å². The Balaban J connectivity index is 1.86. The molecular formula is C12H10F3N3O. The fourth-order valence-electron chi connectivity index (χ4n) is 2.05. The second-order valence-electron chi connectivity index (χ2n) is 4.36. The number of hydrogen-bond donors (Lipinski definition) is 1. The Hall–Kier alpha value is -2.05. The molecule has 0 atom stereocenters. The maximum atomic E-state index is 12.2. The van der Waals surface area contributed by atoms with Crippen LogP contribution in [0.3, 0.4) is 0 Å². The Labute approximate surface area is 106 Å². The Bertz CT molecular complexity index is 607. The summed E-state index contributed by atoms with van der Waals surface area (Å²) in [5, 5.41) is 6.53. The van der Waals surface area contributed by atoms with Crippen molar-refractivity contribution >= 4 is 5.69 Å². The third kappa shape index (κ3) is 2.54. The number of fused-ring (bicyclic) bond motifs is 1. The van der Waals surface area contributed by atoms with Crippen LogP contribution in [0.5, 0.6) is 0 Å². The molecule has 1 aromatic carbocycles. The van der Waals surface area contributed by atoms with E-state index < -0.39 is 12.6 Å². The summed E-state index contributed by atoms with van der Waals surface area (Å²) in [5.74, 6) is -0.244. The van der Waals surface area contributed by atoms with Gasteiger partial charge >= 0.3 is 6.18 Å². The molecule has 2 heterocycles. The van der Waals surface area contributed by atoms with Gasteiger partial charge in [0.15, 0.2) is 5.82 Å². The first-order valence-electron chi connectivity index (χ1n) is 5.78. The van der Waals surface area contributed by atoms with Crippen LogP contribution >= 0.6 is 0 Å². The summed E-state index contributed by atoms with van der Waals surface area (Å²) >= 11 is 0. The van der Waals surface area contributed by atoms with Gasteiger partial charge in [-0.3, -0.25) is 0 Å². The summed E-state index contributed by atoms with van der Waals surface area (Å²) in [7, 11) is 0. The first-order chi connectivity index (χ1) is 9.01. The zero-order valence-corrected chi connectivity index (χ0v) is 9.79. The second kappa shape index (κ2) is 4.25. The van der Waals surface area contributed by atoms with Crippen LogP contribution in [0.25, 0.3) is 11.5 Å². The average Bonchev–Trinajstić information content (AvgIpc) is 2.93. The van der Waals surface area contributed by atoms with Crippen LogP contribution in [0.1, 0.15) is 11.4 Å². The van der Waals surface area contributed by atoms with Crippen LogP contribution < -0.4 is 5.32 Å². The Morgan fingerprint density at radius 1 is 1.32 bits per heavy atom. The Kier molecular flexibility index (Phi) is 2.69. The number of benzene rings is 1. The zero-order valence-electron chi connectivity index (χ0n) is 9.79. The van der Waals surface area contributed by atoms with E-state index in [1.54, 1.807) is 6.07 Å². The predicted octanol–water partition coefficient (Wildman–Crippen LogP) is 2.81. The molecule has 4 nitrogen and oxygen atoms in total. The van der Waals surface area contributed by atoms with Crippen molar-refractivity contribution in [1.82, 2.24) is 10.1 Å². The number of nitrogens with one attached hydrogen (secondary N) is 1. The van der Waals surface area contributed by atoms with E-state index in [4.69, 9.17) is 4.52 Å². The van der Waals surface area contributed by atoms with E-state index in [1.165, 1.54) is 5.56 Å². The summed E-state index contributed by atoms with van der Waals surface area (Å²) in [5.41, 5.74) is 2.76. The van der Waals surface area contributed by atoms with Crippen LogP contribution in [0.2, 0.25) is 0 Å². The number of aromatic nitrogens is 2. The standard InChI is InChI=1S/C12H10F3N3O/c13-12(14,15)6-10-17-11(19-18-10)8-2-1-7-3-4-16-9(7)5-8/h1-2,5,16H,3-4,6H2. The molecule has 0 unspecified atom stereocenters. The van der Waals surface area contributed by atoms with Gasteiger partial charge in [-0.25, -0.2) is 0 Å². The molecule has 0 bridgehead atoms. The highest BCUT2D eigenvalue weighted by atomic mass is 19.4. The molecule has 1 aromatic heterocycles. The van der Waals surface area contributed by atoms with Crippen molar-refractivity contribution in [2.75, 3.05) is 11.9 Å². The van der Waals surface area contributed by atoms with E-state index in [0.717, 1.165) is 18.7 Å².